The van der Waals surface area contributed by atoms with Crippen LogP contribution in [0.5, 0.6) is 0 Å². The van der Waals surface area contributed by atoms with Crippen LogP contribution in [0.15, 0.2) is 53.4 Å². The summed E-state index contributed by atoms with van der Waals surface area (Å²) in [5.41, 5.74) is 2.25. The molecule has 2 aromatic rings. The van der Waals surface area contributed by atoms with Gasteiger partial charge in [0.05, 0.1) is 0 Å². The lowest BCUT2D eigenvalue weighted by atomic mass is 10.1. The highest BCUT2D eigenvalue weighted by molar-refractivity contribution is 7.99. The highest BCUT2D eigenvalue weighted by Crippen LogP contribution is 2.25. The van der Waals surface area contributed by atoms with Crippen molar-refractivity contribution in [3.63, 3.8) is 0 Å². The van der Waals surface area contributed by atoms with Crippen molar-refractivity contribution in [3.8, 4) is 0 Å². The van der Waals surface area contributed by atoms with Crippen molar-refractivity contribution in [2.45, 2.75) is 17.9 Å². The predicted octanol–water partition coefficient (Wildman–Crippen LogP) is 4.19. The number of benzene rings is 2. The molecule has 0 amide bonds. The molecular weight excluding hydrogens is 257 g/mol. The van der Waals surface area contributed by atoms with Crippen LogP contribution in [0.2, 0.25) is 0 Å². The van der Waals surface area contributed by atoms with E-state index in [0.717, 1.165) is 11.3 Å². The molecule has 0 aliphatic rings. The molecule has 0 aliphatic carbocycles. The SMILES string of the molecule is CNC(CSc1ccc(C)cc1)c1cccc(F)c1. The molecule has 0 heterocycles. The molecule has 0 radical (unpaired) electrons. The summed E-state index contributed by atoms with van der Waals surface area (Å²) in [6.07, 6.45) is 0. The van der Waals surface area contributed by atoms with E-state index in [1.165, 1.54) is 16.5 Å². The summed E-state index contributed by atoms with van der Waals surface area (Å²) in [5, 5.41) is 3.24. The van der Waals surface area contributed by atoms with Gasteiger partial charge in [0, 0.05) is 16.7 Å². The van der Waals surface area contributed by atoms with Gasteiger partial charge in [0.1, 0.15) is 5.82 Å². The second kappa shape index (κ2) is 6.73. The van der Waals surface area contributed by atoms with Crippen molar-refractivity contribution < 1.29 is 4.39 Å². The summed E-state index contributed by atoms with van der Waals surface area (Å²) in [4.78, 5) is 1.24. The van der Waals surface area contributed by atoms with Gasteiger partial charge < -0.3 is 5.32 Å². The summed E-state index contributed by atoms with van der Waals surface area (Å²) < 4.78 is 13.2. The molecule has 0 aliphatic heterocycles. The third-order valence-corrected chi connectivity index (χ3v) is 4.14. The first kappa shape index (κ1) is 14.1. The molecule has 19 heavy (non-hydrogen) atoms. The van der Waals surface area contributed by atoms with E-state index in [9.17, 15) is 4.39 Å². The summed E-state index contributed by atoms with van der Waals surface area (Å²) >= 11 is 1.78. The molecule has 0 saturated heterocycles. The van der Waals surface area contributed by atoms with Crippen LogP contribution in [0, 0.1) is 12.7 Å². The predicted molar refractivity (Wildman–Crippen MR) is 80.1 cm³/mol. The Bertz CT molecular complexity index is 525. The van der Waals surface area contributed by atoms with E-state index in [-0.39, 0.29) is 11.9 Å². The first-order valence-corrected chi connectivity index (χ1v) is 7.30. The van der Waals surface area contributed by atoms with E-state index < -0.39 is 0 Å². The Labute approximate surface area is 118 Å². The largest absolute Gasteiger partial charge is 0.312 e. The minimum Gasteiger partial charge on any atom is -0.312 e. The van der Waals surface area contributed by atoms with Crippen molar-refractivity contribution >= 4 is 11.8 Å². The lowest BCUT2D eigenvalue weighted by Crippen LogP contribution is -2.18. The van der Waals surface area contributed by atoms with Crippen LogP contribution in [0.4, 0.5) is 4.39 Å². The normalized spacial score (nSPS) is 12.4. The maximum Gasteiger partial charge on any atom is 0.123 e. The maximum absolute atomic E-state index is 13.2. The van der Waals surface area contributed by atoms with E-state index in [0.29, 0.717) is 0 Å². The minimum absolute atomic E-state index is 0.155. The second-order valence-electron chi connectivity index (χ2n) is 4.52. The van der Waals surface area contributed by atoms with Gasteiger partial charge in [-0.3, -0.25) is 0 Å². The summed E-state index contributed by atoms with van der Waals surface area (Å²) in [5.74, 6) is 0.696. The first-order chi connectivity index (χ1) is 9.19. The van der Waals surface area contributed by atoms with Gasteiger partial charge in [-0.25, -0.2) is 4.39 Å². The Kier molecular flexibility index (Phi) is 5.00. The summed E-state index contributed by atoms with van der Waals surface area (Å²) in [6.45, 7) is 2.08. The van der Waals surface area contributed by atoms with Gasteiger partial charge in [-0.1, -0.05) is 29.8 Å². The standard InChI is InChI=1S/C16H18FNS/c1-12-6-8-15(9-7-12)19-11-16(18-2)13-4-3-5-14(17)10-13/h3-10,16,18H,11H2,1-2H3. The van der Waals surface area contributed by atoms with Crippen LogP contribution in [0.3, 0.4) is 0 Å². The third kappa shape index (κ3) is 4.08. The third-order valence-electron chi connectivity index (χ3n) is 3.04. The molecule has 1 unspecified atom stereocenters. The average molecular weight is 275 g/mol. The van der Waals surface area contributed by atoms with E-state index in [4.69, 9.17) is 0 Å². The zero-order valence-electron chi connectivity index (χ0n) is 11.2. The fourth-order valence-corrected chi connectivity index (χ4v) is 2.93. The fraction of sp³-hybridized carbons (Fsp3) is 0.250. The molecule has 0 saturated carbocycles. The minimum atomic E-state index is -0.182. The van der Waals surface area contributed by atoms with E-state index in [1.807, 2.05) is 13.1 Å². The van der Waals surface area contributed by atoms with Crippen LogP contribution in [-0.2, 0) is 0 Å². The molecule has 0 fully saturated rings. The average Bonchev–Trinajstić information content (AvgIpc) is 2.42. The molecule has 1 N–H and O–H groups in total. The molecule has 100 valence electrons. The number of halogens is 1. The highest BCUT2D eigenvalue weighted by atomic mass is 32.2. The molecule has 0 aromatic heterocycles. The van der Waals surface area contributed by atoms with Gasteiger partial charge in [-0.2, -0.15) is 0 Å². The summed E-state index contributed by atoms with van der Waals surface area (Å²) in [6, 6.07) is 15.4. The number of hydrogen-bond donors (Lipinski definition) is 1. The van der Waals surface area contributed by atoms with Crippen LogP contribution in [-0.4, -0.2) is 12.8 Å². The number of rotatable bonds is 5. The Morgan fingerprint density at radius 2 is 1.89 bits per heavy atom. The number of thioether (sulfide) groups is 1. The number of hydrogen-bond acceptors (Lipinski definition) is 2. The van der Waals surface area contributed by atoms with Crippen molar-refractivity contribution in [2.75, 3.05) is 12.8 Å². The molecular formula is C16H18FNS. The van der Waals surface area contributed by atoms with E-state index >= 15 is 0 Å². The highest BCUT2D eigenvalue weighted by Gasteiger charge is 2.10. The van der Waals surface area contributed by atoms with Crippen molar-refractivity contribution in [3.05, 3.63) is 65.5 Å². The molecule has 0 spiro atoms. The number of nitrogens with one attached hydrogen (secondary N) is 1. The maximum atomic E-state index is 13.2. The molecule has 3 heteroatoms. The van der Waals surface area contributed by atoms with Gasteiger partial charge in [0.25, 0.3) is 0 Å². The lowest BCUT2D eigenvalue weighted by molar-refractivity contribution is 0.611. The smallest absolute Gasteiger partial charge is 0.123 e. The zero-order valence-corrected chi connectivity index (χ0v) is 12.0. The molecule has 2 rings (SSSR count). The number of aryl methyl sites for hydroxylation is 1. The zero-order chi connectivity index (χ0) is 13.7. The quantitative estimate of drug-likeness (QED) is 0.821. The Balaban J connectivity index is 2.01. The van der Waals surface area contributed by atoms with Crippen LogP contribution in [0.1, 0.15) is 17.2 Å². The van der Waals surface area contributed by atoms with Gasteiger partial charge in [0.15, 0.2) is 0 Å². The molecule has 1 nitrogen and oxygen atoms in total. The lowest BCUT2D eigenvalue weighted by Gasteiger charge is -2.16. The Hall–Kier alpha value is -1.32. The molecule has 2 aromatic carbocycles. The first-order valence-electron chi connectivity index (χ1n) is 6.31. The van der Waals surface area contributed by atoms with Gasteiger partial charge in [0.2, 0.25) is 0 Å². The monoisotopic (exact) mass is 275 g/mol. The van der Waals surface area contributed by atoms with Gasteiger partial charge in [-0.15, -0.1) is 11.8 Å². The Morgan fingerprint density at radius 3 is 2.53 bits per heavy atom. The molecule has 0 bridgehead atoms. The molecule has 1 atom stereocenters. The van der Waals surface area contributed by atoms with Gasteiger partial charge >= 0.3 is 0 Å². The van der Waals surface area contributed by atoms with Crippen LogP contribution >= 0.6 is 11.8 Å². The fourth-order valence-electron chi connectivity index (χ4n) is 1.88. The summed E-state index contributed by atoms with van der Waals surface area (Å²) in [7, 11) is 1.91. The van der Waals surface area contributed by atoms with Crippen molar-refractivity contribution in [1.29, 1.82) is 0 Å². The van der Waals surface area contributed by atoms with Crippen molar-refractivity contribution in [2.24, 2.45) is 0 Å². The van der Waals surface area contributed by atoms with Gasteiger partial charge in [-0.05, 0) is 43.8 Å². The van der Waals surface area contributed by atoms with Crippen molar-refractivity contribution in [1.82, 2.24) is 5.32 Å². The topological polar surface area (TPSA) is 12.0 Å². The van der Waals surface area contributed by atoms with E-state index in [2.05, 4.69) is 36.5 Å². The van der Waals surface area contributed by atoms with Crippen LogP contribution < -0.4 is 5.32 Å². The second-order valence-corrected chi connectivity index (χ2v) is 5.61. The Morgan fingerprint density at radius 1 is 1.16 bits per heavy atom. The van der Waals surface area contributed by atoms with Crippen LogP contribution in [0.25, 0.3) is 0 Å². The van der Waals surface area contributed by atoms with E-state index in [1.54, 1.807) is 23.9 Å².